The summed E-state index contributed by atoms with van der Waals surface area (Å²) in [6, 6.07) is 0. The predicted molar refractivity (Wildman–Crippen MR) is 58.5 cm³/mol. The van der Waals surface area contributed by atoms with Gasteiger partial charge in [0.05, 0.1) is 24.9 Å². The molecule has 0 spiro atoms. The van der Waals surface area contributed by atoms with E-state index in [1.54, 1.807) is 0 Å². The largest absolute Gasteiger partial charge is 0.394 e. The van der Waals surface area contributed by atoms with E-state index in [0.717, 1.165) is 12.8 Å². The van der Waals surface area contributed by atoms with Gasteiger partial charge >= 0.3 is 0 Å². The van der Waals surface area contributed by atoms with Crippen LogP contribution in [0.1, 0.15) is 45.4 Å². The Hall–Kier alpha value is -0.160. The van der Waals surface area contributed by atoms with Gasteiger partial charge in [0.1, 0.15) is 0 Å². The monoisotopic (exact) mass is 220 g/mol. The molecule has 0 bridgehead atoms. The third-order valence-electron chi connectivity index (χ3n) is 2.55. The van der Waals surface area contributed by atoms with E-state index in [-0.39, 0.29) is 6.61 Å². The van der Waals surface area contributed by atoms with Gasteiger partial charge in [-0.1, -0.05) is 19.8 Å². The van der Waals surface area contributed by atoms with Crippen LogP contribution < -0.4 is 0 Å². The minimum Gasteiger partial charge on any atom is -0.394 e. The molecule has 3 unspecified atom stereocenters. The van der Waals surface area contributed by atoms with Crippen molar-refractivity contribution < 1.29 is 20.4 Å². The van der Waals surface area contributed by atoms with Gasteiger partial charge < -0.3 is 20.4 Å². The highest BCUT2D eigenvalue weighted by Crippen LogP contribution is 2.11. The van der Waals surface area contributed by atoms with Gasteiger partial charge in [0.25, 0.3) is 0 Å². The van der Waals surface area contributed by atoms with E-state index >= 15 is 0 Å². The second kappa shape index (κ2) is 9.09. The van der Waals surface area contributed by atoms with Crippen LogP contribution in [-0.4, -0.2) is 45.3 Å². The summed E-state index contributed by atoms with van der Waals surface area (Å²) in [6.45, 7) is 1.80. The first-order chi connectivity index (χ1) is 7.11. The minimum atomic E-state index is -0.706. The molecule has 92 valence electrons. The molecule has 0 radical (unpaired) electrons. The summed E-state index contributed by atoms with van der Waals surface area (Å²) in [7, 11) is 0. The standard InChI is InChI=1S/C11H24O4/c1-2-3-6-10(14)11(15)7-4-5-9(13)8-12/h9-15H,2-8H2,1H3. The summed E-state index contributed by atoms with van der Waals surface area (Å²) in [4.78, 5) is 0. The molecule has 0 amide bonds. The number of rotatable bonds is 9. The average Bonchev–Trinajstić information content (AvgIpc) is 2.25. The summed E-state index contributed by atoms with van der Waals surface area (Å²) >= 11 is 0. The van der Waals surface area contributed by atoms with Crippen molar-refractivity contribution in [3.63, 3.8) is 0 Å². The third-order valence-corrected chi connectivity index (χ3v) is 2.55. The molecule has 0 aromatic rings. The molecule has 15 heavy (non-hydrogen) atoms. The van der Waals surface area contributed by atoms with Gasteiger partial charge in [0.2, 0.25) is 0 Å². The number of hydrogen-bond donors (Lipinski definition) is 4. The Morgan fingerprint density at radius 2 is 1.40 bits per heavy atom. The highest BCUT2D eigenvalue weighted by atomic mass is 16.3. The molecule has 4 N–H and O–H groups in total. The number of aliphatic hydroxyl groups excluding tert-OH is 4. The van der Waals surface area contributed by atoms with Crippen LogP contribution in [0.3, 0.4) is 0 Å². The Morgan fingerprint density at radius 1 is 0.867 bits per heavy atom. The van der Waals surface area contributed by atoms with Crippen LogP contribution in [0.4, 0.5) is 0 Å². The highest BCUT2D eigenvalue weighted by Gasteiger charge is 2.15. The SMILES string of the molecule is CCCCC(O)C(O)CCCC(O)CO. The van der Waals surface area contributed by atoms with Crippen molar-refractivity contribution in [1.82, 2.24) is 0 Å². The molecular weight excluding hydrogens is 196 g/mol. The summed E-state index contributed by atoms with van der Waals surface area (Å²) in [5.41, 5.74) is 0. The zero-order valence-corrected chi connectivity index (χ0v) is 9.47. The lowest BCUT2D eigenvalue weighted by atomic mass is 10.0. The molecule has 0 aliphatic heterocycles. The Kier molecular flexibility index (Phi) is 9.00. The Bertz CT molecular complexity index is 141. The van der Waals surface area contributed by atoms with Crippen molar-refractivity contribution in [2.45, 2.75) is 63.8 Å². The van der Waals surface area contributed by atoms with Crippen LogP contribution in [0.5, 0.6) is 0 Å². The van der Waals surface area contributed by atoms with Crippen LogP contribution in [0, 0.1) is 0 Å². The van der Waals surface area contributed by atoms with Gasteiger partial charge in [-0.05, 0) is 25.7 Å². The van der Waals surface area contributed by atoms with Gasteiger partial charge in [-0.15, -0.1) is 0 Å². The second-order valence-corrected chi connectivity index (χ2v) is 4.04. The molecule has 0 aliphatic carbocycles. The Balaban J connectivity index is 3.50. The summed E-state index contributed by atoms with van der Waals surface area (Å²) in [6.07, 6.45) is 2.04. The van der Waals surface area contributed by atoms with E-state index in [1.165, 1.54) is 0 Å². The second-order valence-electron chi connectivity index (χ2n) is 4.04. The maximum absolute atomic E-state index is 9.54. The number of unbranched alkanes of at least 4 members (excludes halogenated alkanes) is 1. The van der Waals surface area contributed by atoms with Crippen molar-refractivity contribution in [1.29, 1.82) is 0 Å². The van der Waals surface area contributed by atoms with Gasteiger partial charge in [0.15, 0.2) is 0 Å². The zero-order valence-electron chi connectivity index (χ0n) is 9.47. The number of hydrogen-bond acceptors (Lipinski definition) is 4. The van der Waals surface area contributed by atoms with Gasteiger partial charge in [-0.3, -0.25) is 0 Å². The molecule has 0 fully saturated rings. The molecule has 0 heterocycles. The first kappa shape index (κ1) is 14.8. The van der Waals surface area contributed by atoms with Crippen molar-refractivity contribution in [3.05, 3.63) is 0 Å². The molecule has 3 atom stereocenters. The number of aliphatic hydroxyl groups is 4. The summed E-state index contributed by atoms with van der Waals surface area (Å²) < 4.78 is 0. The molecule has 0 aromatic heterocycles. The van der Waals surface area contributed by atoms with E-state index in [1.807, 2.05) is 6.92 Å². The van der Waals surface area contributed by atoms with Crippen LogP contribution in [0.2, 0.25) is 0 Å². The minimum absolute atomic E-state index is 0.242. The first-order valence-electron chi connectivity index (χ1n) is 5.76. The smallest absolute Gasteiger partial charge is 0.0799 e. The van der Waals surface area contributed by atoms with E-state index in [9.17, 15) is 10.2 Å². The molecule has 4 nitrogen and oxygen atoms in total. The van der Waals surface area contributed by atoms with E-state index in [2.05, 4.69) is 0 Å². The molecule has 0 saturated heterocycles. The molecule has 0 rings (SSSR count). The fraction of sp³-hybridized carbons (Fsp3) is 1.00. The van der Waals surface area contributed by atoms with Crippen molar-refractivity contribution >= 4 is 0 Å². The zero-order chi connectivity index (χ0) is 11.7. The highest BCUT2D eigenvalue weighted by molar-refractivity contribution is 4.68. The lowest BCUT2D eigenvalue weighted by Gasteiger charge is -2.17. The van der Waals surface area contributed by atoms with E-state index < -0.39 is 18.3 Å². The Labute approximate surface area is 91.6 Å². The Morgan fingerprint density at radius 3 is 1.87 bits per heavy atom. The lowest BCUT2D eigenvalue weighted by Crippen LogP contribution is -2.26. The van der Waals surface area contributed by atoms with E-state index in [0.29, 0.717) is 25.7 Å². The molecular formula is C11H24O4. The van der Waals surface area contributed by atoms with Crippen LogP contribution in [-0.2, 0) is 0 Å². The fourth-order valence-electron chi connectivity index (χ4n) is 1.45. The normalized spacial score (nSPS) is 17.4. The average molecular weight is 220 g/mol. The van der Waals surface area contributed by atoms with Crippen molar-refractivity contribution in [3.8, 4) is 0 Å². The van der Waals surface area contributed by atoms with Crippen molar-refractivity contribution in [2.75, 3.05) is 6.61 Å². The molecule has 0 aliphatic rings. The van der Waals surface area contributed by atoms with E-state index in [4.69, 9.17) is 10.2 Å². The molecule has 4 heteroatoms. The van der Waals surface area contributed by atoms with Crippen LogP contribution in [0.25, 0.3) is 0 Å². The van der Waals surface area contributed by atoms with Crippen LogP contribution in [0.15, 0.2) is 0 Å². The summed E-state index contributed by atoms with van der Waals surface area (Å²) in [5.74, 6) is 0. The maximum Gasteiger partial charge on any atom is 0.0799 e. The van der Waals surface area contributed by atoms with Crippen LogP contribution >= 0.6 is 0 Å². The third kappa shape index (κ3) is 7.73. The van der Waals surface area contributed by atoms with Gasteiger partial charge in [0, 0.05) is 0 Å². The topological polar surface area (TPSA) is 80.9 Å². The lowest BCUT2D eigenvalue weighted by molar-refractivity contribution is 0.00407. The fourth-order valence-corrected chi connectivity index (χ4v) is 1.45. The van der Waals surface area contributed by atoms with Gasteiger partial charge in [-0.25, -0.2) is 0 Å². The summed E-state index contributed by atoms with van der Waals surface area (Å²) in [5, 5.41) is 36.7. The first-order valence-corrected chi connectivity index (χ1v) is 5.76. The predicted octanol–water partition coefficient (Wildman–Crippen LogP) is 0.422. The maximum atomic E-state index is 9.54. The molecule has 0 aromatic carbocycles. The van der Waals surface area contributed by atoms with Gasteiger partial charge in [-0.2, -0.15) is 0 Å². The molecule has 0 saturated carbocycles. The van der Waals surface area contributed by atoms with Crippen molar-refractivity contribution in [2.24, 2.45) is 0 Å². The quantitative estimate of drug-likeness (QED) is 0.454.